The number of ketones is 1. The number of carbonyl (C=O) groups is 4. The number of ether oxygens (including phenoxy) is 1. The van der Waals surface area contributed by atoms with Crippen LogP contribution in [-0.4, -0.2) is 72.7 Å². The molecule has 1 saturated carbocycles. The largest absolute Gasteiger partial charge is 0.481 e. The fourth-order valence-corrected chi connectivity index (χ4v) is 6.94. The van der Waals surface area contributed by atoms with Crippen molar-refractivity contribution in [1.82, 2.24) is 24.6 Å². The zero-order valence-corrected chi connectivity index (χ0v) is 29.7. The lowest BCUT2D eigenvalue weighted by Crippen LogP contribution is -2.56. The summed E-state index contributed by atoms with van der Waals surface area (Å²) in [5.41, 5.74) is 1.22. The summed E-state index contributed by atoms with van der Waals surface area (Å²) in [5, 5.41) is 16.7. The quantitative estimate of drug-likeness (QED) is 0.155. The number of rotatable bonds is 14. The summed E-state index contributed by atoms with van der Waals surface area (Å²) < 4.78 is 48.9. The zero-order valence-electron chi connectivity index (χ0n) is 29.7. The third kappa shape index (κ3) is 8.48. The van der Waals surface area contributed by atoms with Gasteiger partial charge in [0, 0.05) is 30.1 Å². The number of carboxylic acids is 1. The molecule has 4 aromatic rings. The van der Waals surface area contributed by atoms with Gasteiger partial charge < -0.3 is 24.6 Å². The maximum absolute atomic E-state index is 14.7. The number of benzene rings is 2. The van der Waals surface area contributed by atoms with E-state index in [1.807, 2.05) is 35.9 Å². The summed E-state index contributed by atoms with van der Waals surface area (Å²) in [4.78, 5) is 55.6. The Morgan fingerprint density at radius 2 is 1.65 bits per heavy atom. The number of carbonyl (C=O) groups excluding carboxylic acids is 3. The Bertz CT molecular complexity index is 1910. The highest BCUT2D eigenvalue weighted by atomic mass is 19.4. The van der Waals surface area contributed by atoms with Gasteiger partial charge in [-0.3, -0.25) is 19.2 Å². The van der Waals surface area contributed by atoms with Crippen LogP contribution in [0.1, 0.15) is 81.0 Å². The second kappa shape index (κ2) is 16.0. The highest BCUT2D eigenvalue weighted by Crippen LogP contribution is 2.34. The van der Waals surface area contributed by atoms with E-state index in [0.29, 0.717) is 31.0 Å². The molecule has 1 unspecified atom stereocenters. The number of halogens is 3. The average molecular weight is 724 g/mol. The van der Waals surface area contributed by atoms with E-state index in [1.54, 1.807) is 30.0 Å². The number of amides is 2. The van der Waals surface area contributed by atoms with Gasteiger partial charge in [-0.05, 0) is 55.9 Å². The molecule has 5 rings (SSSR count). The highest BCUT2D eigenvalue weighted by Gasteiger charge is 2.39. The van der Waals surface area contributed by atoms with E-state index in [9.17, 15) is 37.5 Å². The number of fused-ring (bicyclic) bond motifs is 1. The van der Waals surface area contributed by atoms with Crippen LogP contribution in [0.2, 0.25) is 0 Å². The lowest BCUT2D eigenvalue weighted by molar-refractivity contribution is -0.142. The second-order valence-electron chi connectivity index (χ2n) is 13.7. The number of aromatic nitrogens is 3. The van der Waals surface area contributed by atoms with E-state index in [1.165, 1.54) is 12.1 Å². The summed E-state index contributed by atoms with van der Waals surface area (Å²) in [7, 11) is 1.83. The number of alkyl halides is 3. The minimum atomic E-state index is -4.80. The Labute approximate surface area is 299 Å². The van der Waals surface area contributed by atoms with E-state index >= 15 is 0 Å². The Morgan fingerprint density at radius 3 is 2.29 bits per heavy atom. The standard InChI is InChI=1S/C38H44F3N5O6/c1-23(2)19-28-27-17-11-12-18-30(27)44(4)35(28)37(51)45(25-13-7-5-8-14-25)24(3)36(50)42-29(20-34(48)49)31(47)22-52-33-21-32(38(39,40)41)43-46(33)26-15-9-6-10-16-26/h6,9-12,15-18,21,23-25,29H,5,7-8,13-14,19-20,22H2,1-4H3,(H,42,50)(H,48,49)/t24-,29?/m0/s1. The fraction of sp³-hybridized carbons (Fsp3) is 0.447. The van der Waals surface area contributed by atoms with Gasteiger partial charge in [0.05, 0.1) is 12.1 Å². The molecule has 0 bridgehead atoms. The van der Waals surface area contributed by atoms with Crippen molar-refractivity contribution in [2.45, 2.75) is 90.0 Å². The molecule has 0 saturated heterocycles. The summed E-state index contributed by atoms with van der Waals surface area (Å²) in [6.07, 6.45) is -0.917. The van der Waals surface area contributed by atoms with Crippen molar-refractivity contribution in [3.63, 3.8) is 0 Å². The van der Waals surface area contributed by atoms with Crippen molar-refractivity contribution in [2.75, 3.05) is 6.61 Å². The van der Waals surface area contributed by atoms with Gasteiger partial charge in [0.1, 0.15) is 17.8 Å². The molecule has 2 heterocycles. The van der Waals surface area contributed by atoms with Crippen molar-refractivity contribution in [1.29, 1.82) is 0 Å². The smallest absolute Gasteiger partial charge is 0.435 e. The molecule has 2 aromatic heterocycles. The van der Waals surface area contributed by atoms with Crippen molar-refractivity contribution >= 4 is 34.5 Å². The van der Waals surface area contributed by atoms with Crippen LogP contribution in [-0.2, 0) is 34.0 Å². The highest BCUT2D eigenvalue weighted by molar-refractivity contribution is 6.04. The molecule has 52 heavy (non-hydrogen) atoms. The predicted molar refractivity (Wildman–Crippen MR) is 187 cm³/mol. The minimum absolute atomic E-state index is 0.234. The zero-order chi connectivity index (χ0) is 37.7. The first-order chi connectivity index (χ1) is 24.7. The van der Waals surface area contributed by atoms with Gasteiger partial charge in [0.25, 0.3) is 5.91 Å². The molecule has 2 aromatic carbocycles. The monoisotopic (exact) mass is 723 g/mol. The minimum Gasteiger partial charge on any atom is -0.481 e. The number of hydrogen-bond donors (Lipinski definition) is 2. The number of aliphatic carboxylic acids is 1. The van der Waals surface area contributed by atoms with Gasteiger partial charge in [-0.2, -0.15) is 18.3 Å². The molecule has 1 aliphatic carbocycles. The van der Waals surface area contributed by atoms with E-state index in [2.05, 4.69) is 24.3 Å². The lowest BCUT2D eigenvalue weighted by Gasteiger charge is -2.38. The molecule has 14 heteroatoms. The number of Topliss-reactive ketones (excluding diaryl/α,β-unsaturated/α-hetero) is 1. The maximum atomic E-state index is 14.7. The van der Waals surface area contributed by atoms with Crippen LogP contribution in [0.5, 0.6) is 5.88 Å². The second-order valence-corrected chi connectivity index (χ2v) is 13.7. The van der Waals surface area contributed by atoms with Crippen LogP contribution in [0.25, 0.3) is 16.6 Å². The van der Waals surface area contributed by atoms with Crippen molar-refractivity contribution in [2.24, 2.45) is 13.0 Å². The van der Waals surface area contributed by atoms with Crippen molar-refractivity contribution in [3.8, 4) is 11.6 Å². The molecular formula is C38H44F3N5O6. The summed E-state index contributed by atoms with van der Waals surface area (Å²) in [5.74, 6) is -3.52. The van der Waals surface area contributed by atoms with Crippen LogP contribution in [0.3, 0.4) is 0 Å². The van der Waals surface area contributed by atoms with Crippen LogP contribution >= 0.6 is 0 Å². The number of nitrogens with zero attached hydrogens (tertiary/aromatic N) is 4. The van der Waals surface area contributed by atoms with Gasteiger partial charge in [0.2, 0.25) is 11.8 Å². The first-order valence-electron chi connectivity index (χ1n) is 17.5. The Balaban J connectivity index is 1.41. The van der Waals surface area contributed by atoms with Crippen molar-refractivity contribution < 1.29 is 42.2 Å². The van der Waals surface area contributed by atoms with Gasteiger partial charge in [-0.25, -0.2) is 4.68 Å². The molecule has 1 fully saturated rings. The number of hydrogen-bond acceptors (Lipinski definition) is 6. The topological polar surface area (TPSA) is 136 Å². The summed E-state index contributed by atoms with van der Waals surface area (Å²) in [6.45, 7) is 4.84. The van der Waals surface area contributed by atoms with Crippen molar-refractivity contribution in [3.05, 3.63) is 77.6 Å². The molecule has 11 nitrogen and oxygen atoms in total. The van der Waals surface area contributed by atoms with Crippen LogP contribution in [0.4, 0.5) is 13.2 Å². The third-order valence-electron chi connectivity index (χ3n) is 9.44. The Hall–Kier alpha value is -5.14. The van der Waals surface area contributed by atoms with Crippen LogP contribution < -0.4 is 10.1 Å². The van der Waals surface area contributed by atoms with Gasteiger partial charge in [-0.15, -0.1) is 0 Å². The normalized spacial score (nSPS) is 15.0. The first-order valence-corrected chi connectivity index (χ1v) is 17.5. The third-order valence-corrected chi connectivity index (χ3v) is 9.44. The summed E-state index contributed by atoms with van der Waals surface area (Å²) >= 11 is 0. The number of nitrogens with one attached hydrogen (secondary N) is 1. The molecule has 0 spiro atoms. The van der Waals surface area contributed by atoms with E-state index in [-0.39, 0.29) is 23.6 Å². The molecule has 0 radical (unpaired) electrons. The summed E-state index contributed by atoms with van der Waals surface area (Å²) in [6, 6.07) is 13.3. The van der Waals surface area contributed by atoms with E-state index in [0.717, 1.165) is 40.4 Å². The molecular weight excluding hydrogens is 679 g/mol. The molecule has 2 amide bonds. The van der Waals surface area contributed by atoms with Crippen LogP contribution in [0.15, 0.2) is 60.7 Å². The van der Waals surface area contributed by atoms with Crippen LogP contribution in [0, 0.1) is 5.92 Å². The number of para-hydroxylation sites is 2. The molecule has 1 aliphatic rings. The number of carboxylic acid groups (broad SMARTS) is 1. The Morgan fingerprint density at radius 1 is 1.00 bits per heavy atom. The Kier molecular flexibility index (Phi) is 11.8. The van der Waals surface area contributed by atoms with Gasteiger partial charge in [-0.1, -0.05) is 69.5 Å². The predicted octanol–water partition coefficient (Wildman–Crippen LogP) is 6.35. The van der Waals surface area contributed by atoms with E-state index in [4.69, 9.17) is 4.74 Å². The van der Waals surface area contributed by atoms with Gasteiger partial charge >= 0.3 is 12.1 Å². The molecule has 2 N–H and O–H groups in total. The first kappa shape index (κ1) is 38.1. The lowest BCUT2D eigenvalue weighted by atomic mass is 9.92. The average Bonchev–Trinajstić information content (AvgIpc) is 3.66. The number of aryl methyl sites for hydroxylation is 1. The van der Waals surface area contributed by atoms with E-state index < -0.39 is 60.5 Å². The molecule has 2 atom stereocenters. The molecule has 278 valence electrons. The fourth-order valence-electron chi connectivity index (χ4n) is 6.94. The van der Waals surface area contributed by atoms with Gasteiger partial charge in [0.15, 0.2) is 18.1 Å². The molecule has 0 aliphatic heterocycles. The maximum Gasteiger partial charge on any atom is 0.435 e. The SMILES string of the molecule is CC(C)Cc1c(C(=O)N(C2CCCCC2)[C@@H](C)C(=O)NC(CC(=O)O)C(=O)COc2cc(C(F)(F)F)nn2-c2ccccc2)n(C)c2ccccc12.